The molecule has 0 aliphatic heterocycles. The van der Waals surface area contributed by atoms with Crippen LogP contribution >= 0.6 is 0 Å². The summed E-state index contributed by atoms with van der Waals surface area (Å²) >= 11 is 0. The van der Waals surface area contributed by atoms with Crippen molar-refractivity contribution in [3.8, 4) is 0 Å². The smallest absolute Gasteiger partial charge is 0.412 e. The van der Waals surface area contributed by atoms with Gasteiger partial charge >= 0.3 is 6.09 Å². The summed E-state index contributed by atoms with van der Waals surface area (Å²) < 4.78 is 6.90. The van der Waals surface area contributed by atoms with Crippen molar-refractivity contribution in [1.29, 1.82) is 0 Å². The second-order valence-corrected chi connectivity index (χ2v) is 5.96. The number of carbonyl (C=O) groups is 1. The Bertz CT molecular complexity index is 918. The molecule has 0 aliphatic carbocycles. The Morgan fingerprint density at radius 2 is 2.09 bits per heavy atom. The van der Waals surface area contributed by atoms with Gasteiger partial charge in [-0.3, -0.25) is 14.5 Å². The summed E-state index contributed by atoms with van der Waals surface area (Å²) in [5.74, 6) is 0. The summed E-state index contributed by atoms with van der Waals surface area (Å²) in [5, 5.41) is 2.64. The van der Waals surface area contributed by atoms with Crippen molar-refractivity contribution < 1.29 is 9.53 Å². The molecule has 0 spiro atoms. The number of benzene rings is 1. The van der Waals surface area contributed by atoms with Crippen LogP contribution in [0.3, 0.4) is 0 Å². The fourth-order valence-corrected chi connectivity index (χ4v) is 2.19. The minimum absolute atomic E-state index is 0.237. The van der Waals surface area contributed by atoms with Crippen LogP contribution in [0.1, 0.15) is 20.8 Å². The molecule has 2 aromatic heterocycles. The van der Waals surface area contributed by atoms with E-state index >= 15 is 0 Å². The lowest BCUT2D eigenvalue weighted by Gasteiger charge is -2.19. The first-order valence-electron chi connectivity index (χ1n) is 6.82. The number of imidazole rings is 1. The molecule has 2 heterocycles. The molecule has 0 bridgehead atoms. The zero-order valence-corrected chi connectivity index (χ0v) is 12.5. The SMILES string of the molecule is CC(C)(C)OC(=O)Nc1ccc2c(c1)[nH]c(=O)c1cncn12. The van der Waals surface area contributed by atoms with Crippen molar-refractivity contribution in [3.63, 3.8) is 0 Å². The van der Waals surface area contributed by atoms with Gasteiger partial charge in [0.1, 0.15) is 11.1 Å². The van der Waals surface area contributed by atoms with Crippen LogP contribution in [0.2, 0.25) is 0 Å². The highest BCUT2D eigenvalue weighted by molar-refractivity contribution is 5.89. The molecule has 0 saturated carbocycles. The Hall–Kier alpha value is -2.83. The van der Waals surface area contributed by atoms with Crippen LogP contribution in [0.5, 0.6) is 0 Å². The highest BCUT2D eigenvalue weighted by atomic mass is 16.6. The first kappa shape index (κ1) is 14.1. The maximum atomic E-state index is 11.9. The lowest BCUT2D eigenvalue weighted by Crippen LogP contribution is -2.27. The van der Waals surface area contributed by atoms with Gasteiger partial charge in [-0.2, -0.15) is 0 Å². The van der Waals surface area contributed by atoms with Gasteiger partial charge in [0.05, 0.1) is 23.6 Å². The number of aromatic nitrogens is 3. The van der Waals surface area contributed by atoms with Crippen LogP contribution < -0.4 is 10.9 Å². The minimum Gasteiger partial charge on any atom is -0.444 e. The van der Waals surface area contributed by atoms with Gasteiger partial charge < -0.3 is 9.72 Å². The molecular weight excluding hydrogens is 284 g/mol. The largest absolute Gasteiger partial charge is 0.444 e. The van der Waals surface area contributed by atoms with Gasteiger partial charge in [-0.05, 0) is 39.0 Å². The second kappa shape index (κ2) is 4.87. The predicted molar refractivity (Wildman–Crippen MR) is 83.2 cm³/mol. The van der Waals surface area contributed by atoms with E-state index in [4.69, 9.17) is 4.74 Å². The zero-order valence-electron chi connectivity index (χ0n) is 12.5. The average Bonchev–Trinajstić information content (AvgIpc) is 2.86. The molecule has 0 saturated heterocycles. The third-order valence-electron chi connectivity index (χ3n) is 3.02. The molecular formula is C15H16N4O3. The maximum Gasteiger partial charge on any atom is 0.412 e. The van der Waals surface area contributed by atoms with Gasteiger partial charge in [0, 0.05) is 5.69 Å². The van der Waals surface area contributed by atoms with E-state index in [-0.39, 0.29) is 5.56 Å². The number of anilines is 1. The number of aromatic amines is 1. The molecule has 0 radical (unpaired) electrons. The quantitative estimate of drug-likeness (QED) is 0.722. The molecule has 3 rings (SSSR count). The number of ether oxygens (including phenoxy) is 1. The molecule has 2 N–H and O–H groups in total. The van der Waals surface area contributed by atoms with E-state index in [1.54, 1.807) is 49.7 Å². The molecule has 0 unspecified atom stereocenters. The molecule has 22 heavy (non-hydrogen) atoms. The standard InChI is InChI=1S/C15H16N4O3/c1-15(2,3)22-14(21)17-9-4-5-11-10(6-9)18-13(20)12-7-16-8-19(11)12/h4-8H,1-3H3,(H,17,21)(H,18,20). The molecule has 7 nitrogen and oxygen atoms in total. The number of amides is 1. The Labute approximate surface area is 125 Å². The summed E-state index contributed by atoms with van der Waals surface area (Å²) in [6.45, 7) is 5.38. The zero-order chi connectivity index (χ0) is 15.9. The van der Waals surface area contributed by atoms with Crippen molar-refractivity contribution in [2.45, 2.75) is 26.4 Å². The number of rotatable bonds is 1. The lowest BCUT2D eigenvalue weighted by atomic mass is 10.2. The topological polar surface area (TPSA) is 88.5 Å². The number of fused-ring (bicyclic) bond motifs is 3. The van der Waals surface area contributed by atoms with Crippen molar-refractivity contribution in [2.75, 3.05) is 5.32 Å². The number of H-pyrrole nitrogens is 1. The van der Waals surface area contributed by atoms with E-state index in [0.29, 0.717) is 16.7 Å². The molecule has 0 fully saturated rings. The number of carbonyl (C=O) groups excluding carboxylic acids is 1. The van der Waals surface area contributed by atoms with Crippen molar-refractivity contribution in [3.05, 3.63) is 41.1 Å². The van der Waals surface area contributed by atoms with E-state index in [9.17, 15) is 9.59 Å². The summed E-state index contributed by atoms with van der Waals surface area (Å²) in [7, 11) is 0. The van der Waals surface area contributed by atoms with Crippen molar-refractivity contribution in [2.24, 2.45) is 0 Å². The molecule has 0 aliphatic rings. The van der Waals surface area contributed by atoms with Crippen LogP contribution in [-0.2, 0) is 4.74 Å². The van der Waals surface area contributed by atoms with Gasteiger partial charge in [0.2, 0.25) is 0 Å². The van der Waals surface area contributed by atoms with E-state index in [0.717, 1.165) is 5.52 Å². The van der Waals surface area contributed by atoms with Crippen LogP contribution in [0.4, 0.5) is 10.5 Å². The average molecular weight is 300 g/mol. The Morgan fingerprint density at radius 3 is 2.82 bits per heavy atom. The lowest BCUT2D eigenvalue weighted by molar-refractivity contribution is 0.0636. The highest BCUT2D eigenvalue weighted by Gasteiger charge is 2.16. The third-order valence-corrected chi connectivity index (χ3v) is 3.02. The molecule has 7 heteroatoms. The third kappa shape index (κ3) is 2.65. The monoisotopic (exact) mass is 300 g/mol. The fraction of sp³-hybridized carbons (Fsp3) is 0.267. The second-order valence-electron chi connectivity index (χ2n) is 5.96. The van der Waals surface area contributed by atoms with E-state index < -0.39 is 11.7 Å². The van der Waals surface area contributed by atoms with Gasteiger partial charge in [0.15, 0.2) is 0 Å². The van der Waals surface area contributed by atoms with Crippen molar-refractivity contribution >= 4 is 28.3 Å². The van der Waals surface area contributed by atoms with E-state index in [2.05, 4.69) is 15.3 Å². The number of hydrogen-bond acceptors (Lipinski definition) is 4. The summed E-state index contributed by atoms with van der Waals surface area (Å²) in [4.78, 5) is 30.5. The van der Waals surface area contributed by atoms with Crippen LogP contribution in [0.25, 0.3) is 16.6 Å². The van der Waals surface area contributed by atoms with Crippen LogP contribution in [0, 0.1) is 0 Å². The number of nitrogens with one attached hydrogen (secondary N) is 2. The van der Waals surface area contributed by atoms with Gasteiger partial charge in [-0.15, -0.1) is 0 Å². The van der Waals surface area contributed by atoms with Gasteiger partial charge in [-0.1, -0.05) is 0 Å². The molecule has 0 atom stereocenters. The summed E-state index contributed by atoms with van der Waals surface area (Å²) in [6.07, 6.45) is 2.54. The molecule has 1 aromatic carbocycles. The van der Waals surface area contributed by atoms with Gasteiger partial charge in [-0.25, -0.2) is 9.78 Å². The maximum absolute atomic E-state index is 11.9. The van der Waals surface area contributed by atoms with E-state index in [1.807, 2.05) is 0 Å². The summed E-state index contributed by atoms with van der Waals surface area (Å²) in [6, 6.07) is 5.22. The Morgan fingerprint density at radius 1 is 1.32 bits per heavy atom. The Kier molecular flexibility index (Phi) is 3.13. The predicted octanol–water partition coefficient (Wildman–Crippen LogP) is 2.52. The molecule has 114 valence electrons. The first-order valence-corrected chi connectivity index (χ1v) is 6.82. The van der Waals surface area contributed by atoms with Crippen LogP contribution in [0.15, 0.2) is 35.5 Å². The molecule has 1 amide bonds. The Balaban J connectivity index is 1.98. The number of nitrogens with zero attached hydrogens (tertiary/aromatic N) is 2. The van der Waals surface area contributed by atoms with E-state index in [1.165, 1.54) is 6.20 Å². The normalized spacial score (nSPS) is 11.8. The first-order chi connectivity index (χ1) is 10.3. The number of hydrogen-bond donors (Lipinski definition) is 2. The minimum atomic E-state index is -0.571. The summed E-state index contributed by atoms with van der Waals surface area (Å²) in [5.41, 5.74) is 1.60. The molecule has 3 aromatic rings. The van der Waals surface area contributed by atoms with Crippen LogP contribution in [-0.4, -0.2) is 26.1 Å². The highest BCUT2D eigenvalue weighted by Crippen LogP contribution is 2.18. The fourth-order valence-electron chi connectivity index (χ4n) is 2.19. The van der Waals surface area contributed by atoms with Gasteiger partial charge in [0.25, 0.3) is 5.56 Å². The van der Waals surface area contributed by atoms with Crippen molar-refractivity contribution in [1.82, 2.24) is 14.4 Å².